The summed E-state index contributed by atoms with van der Waals surface area (Å²) in [6, 6.07) is -0.0429. The minimum atomic E-state index is -1.02. The fraction of sp³-hybridized carbons (Fsp3) is 0.750. The number of aliphatic carboxylic acids is 1. The fourth-order valence-corrected chi connectivity index (χ4v) is 1.81. The molecule has 0 unspecified atom stereocenters. The van der Waals surface area contributed by atoms with Gasteiger partial charge in [-0.15, -0.1) is 0 Å². The predicted molar refractivity (Wildman–Crippen MR) is 66.5 cm³/mol. The maximum atomic E-state index is 11.8. The lowest BCUT2D eigenvalue weighted by Crippen LogP contribution is -2.45. The molecule has 2 saturated carbocycles. The molecule has 0 heterocycles. The van der Waals surface area contributed by atoms with Crippen LogP contribution < -0.4 is 10.6 Å². The molecule has 19 heavy (non-hydrogen) atoms. The monoisotopic (exact) mass is 269 g/mol. The van der Waals surface area contributed by atoms with E-state index in [4.69, 9.17) is 5.11 Å². The Morgan fingerprint density at radius 2 is 1.84 bits per heavy atom. The lowest BCUT2D eigenvalue weighted by atomic mass is 10.4. The molecule has 0 aromatic rings. The number of nitrogens with zero attached hydrogens (tertiary/aromatic N) is 1. The van der Waals surface area contributed by atoms with Gasteiger partial charge < -0.3 is 20.6 Å². The second kappa shape index (κ2) is 5.90. The average molecular weight is 269 g/mol. The van der Waals surface area contributed by atoms with Crippen LogP contribution in [0.1, 0.15) is 32.1 Å². The van der Waals surface area contributed by atoms with E-state index in [1.54, 1.807) is 0 Å². The minimum absolute atomic E-state index is 0.0383. The zero-order chi connectivity index (χ0) is 13.8. The van der Waals surface area contributed by atoms with E-state index in [1.165, 1.54) is 4.90 Å². The van der Waals surface area contributed by atoms with Gasteiger partial charge in [0.15, 0.2) is 0 Å². The van der Waals surface area contributed by atoms with Gasteiger partial charge in [0.2, 0.25) is 5.91 Å². The molecule has 3 amide bonds. The first-order chi connectivity index (χ1) is 9.06. The van der Waals surface area contributed by atoms with Gasteiger partial charge in [-0.3, -0.25) is 9.59 Å². The van der Waals surface area contributed by atoms with Gasteiger partial charge >= 0.3 is 12.0 Å². The molecule has 7 heteroatoms. The van der Waals surface area contributed by atoms with Gasteiger partial charge in [-0.2, -0.15) is 0 Å². The van der Waals surface area contributed by atoms with Crippen molar-refractivity contribution in [2.45, 2.75) is 44.2 Å². The van der Waals surface area contributed by atoms with Crippen LogP contribution in [0.5, 0.6) is 0 Å². The van der Waals surface area contributed by atoms with E-state index >= 15 is 0 Å². The summed E-state index contributed by atoms with van der Waals surface area (Å²) in [7, 11) is 0. The molecule has 2 fully saturated rings. The second-order valence-electron chi connectivity index (χ2n) is 5.08. The van der Waals surface area contributed by atoms with E-state index in [0.717, 1.165) is 25.7 Å². The van der Waals surface area contributed by atoms with Gasteiger partial charge in [0.1, 0.15) is 6.54 Å². The number of carbonyl (C=O) groups excluding carboxylic acids is 2. The van der Waals surface area contributed by atoms with Crippen molar-refractivity contribution < 1.29 is 19.5 Å². The number of carboxylic acid groups (broad SMARTS) is 1. The Morgan fingerprint density at radius 3 is 2.37 bits per heavy atom. The average Bonchev–Trinajstić information content (AvgIpc) is 3.18. The lowest BCUT2D eigenvalue weighted by molar-refractivity contribution is -0.137. The summed E-state index contributed by atoms with van der Waals surface area (Å²) in [6.45, 7) is -0.0506. The van der Waals surface area contributed by atoms with Gasteiger partial charge in [-0.25, -0.2) is 4.79 Å². The van der Waals surface area contributed by atoms with E-state index in [-0.39, 0.29) is 31.5 Å². The summed E-state index contributed by atoms with van der Waals surface area (Å²) in [5, 5.41) is 14.2. The van der Waals surface area contributed by atoms with Crippen molar-refractivity contribution in [2.24, 2.45) is 0 Å². The number of nitrogens with one attached hydrogen (secondary N) is 2. The van der Waals surface area contributed by atoms with Crippen LogP contribution in [0.15, 0.2) is 0 Å². The van der Waals surface area contributed by atoms with Crippen LogP contribution in [0.25, 0.3) is 0 Å². The van der Waals surface area contributed by atoms with E-state index in [1.807, 2.05) is 0 Å². The summed E-state index contributed by atoms with van der Waals surface area (Å²) in [5.41, 5.74) is 0. The number of hydrogen-bond donors (Lipinski definition) is 3. The molecule has 0 aliphatic heterocycles. The number of carbonyl (C=O) groups is 3. The molecule has 3 N–H and O–H groups in total. The molecule has 7 nitrogen and oxygen atoms in total. The minimum Gasteiger partial charge on any atom is -0.480 e. The van der Waals surface area contributed by atoms with E-state index < -0.39 is 12.0 Å². The van der Waals surface area contributed by atoms with Crippen LogP contribution in [-0.4, -0.2) is 53.1 Å². The number of rotatable bonds is 7. The summed E-state index contributed by atoms with van der Waals surface area (Å²) < 4.78 is 0. The van der Waals surface area contributed by atoms with Crippen molar-refractivity contribution in [3.8, 4) is 0 Å². The smallest absolute Gasteiger partial charge is 0.323 e. The van der Waals surface area contributed by atoms with Crippen LogP contribution in [0, 0.1) is 0 Å². The number of hydrogen-bond acceptors (Lipinski definition) is 3. The maximum absolute atomic E-state index is 11.8. The summed E-state index contributed by atoms with van der Waals surface area (Å²) >= 11 is 0. The Kier molecular flexibility index (Phi) is 4.24. The molecular weight excluding hydrogens is 250 g/mol. The summed E-state index contributed by atoms with van der Waals surface area (Å²) in [6.07, 6.45) is 4.00. The molecule has 106 valence electrons. The molecule has 0 aromatic heterocycles. The number of carboxylic acids is 1. The van der Waals surface area contributed by atoms with E-state index in [2.05, 4.69) is 10.6 Å². The molecular formula is C12H19N3O4. The molecule has 0 aromatic carbocycles. The van der Waals surface area contributed by atoms with Crippen molar-refractivity contribution in [3.63, 3.8) is 0 Å². The molecule has 0 atom stereocenters. The van der Waals surface area contributed by atoms with Gasteiger partial charge in [0, 0.05) is 25.0 Å². The van der Waals surface area contributed by atoms with Crippen LogP contribution in [0.3, 0.4) is 0 Å². The van der Waals surface area contributed by atoms with Crippen LogP contribution in [0.2, 0.25) is 0 Å². The third-order valence-corrected chi connectivity index (χ3v) is 3.12. The van der Waals surface area contributed by atoms with E-state index in [0.29, 0.717) is 6.04 Å². The van der Waals surface area contributed by atoms with Crippen molar-refractivity contribution in [2.75, 3.05) is 13.1 Å². The van der Waals surface area contributed by atoms with Gasteiger partial charge in [0.25, 0.3) is 0 Å². The largest absolute Gasteiger partial charge is 0.480 e. The topological polar surface area (TPSA) is 98.7 Å². The molecule has 0 saturated heterocycles. The van der Waals surface area contributed by atoms with Crippen LogP contribution in [0.4, 0.5) is 4.79 Å². The fourth-order valence-electron chi connectivity index (χ4n) is 1.81. The molecule has 0 radical (unpaired) electrons. The van der Waals surface area contributed by atoms with Gasteiger partial charge in [-0.05, 0) is 25.7 Å². The van der Waals surface area contributed by atoms with Crippen LogP contribution in [-0.2, 0) is 9.59 Å². The van der Waals surface area contributed by atoms with Gasteiger partial charge in [-0.1, -0.05) is 0 Å². The highest BCUT2D eigenvalue weighted by Gasteiger charge is 2.33. The van der Waals surface area contributed by atoms with Gasteiger partial charge in [0.05, 0.1) is 0 Å². The third-order valence-electron chi connectivity index (χ3n) is 3.12. The number of urea groups is 1. The first-order valence-electron chi connectivity index (χ1n) is 6.62. The summed E-state index contributed by atoms with van der Waals surface area (Å²) in [5.74, 6) is -1.09. The maximum Gasteiger partial charge on any atom is 0.323 e. The highest BCUT2D eigenvalue weighted by Crippen LogP contribution is 2.26. The zero-order valence-electron chi connectivity index (χ0n) is 10.7. The molecule has 0 spiro atoms. The Hall–Kier alpha value is -1.79. The van der Waals surface area contributed by atoms with Crippen molar-refractivity contribution in [1.29, 1.82) is 0 Å². The quantitative estimate of drug-likeness (QED) is 0.601. The Morgan fingerprint density at radius 1 is 1.16 bits per heavy atom. The van der Waals surface area contributed by atoms with Crippen molar-refractivity contribution >= 4 is 17.9 Å². The number of amides is 3. The normalized spacial score (nSPS) is 17.7. The second-order valence-corrected chi connectivity index (χ2v) is 5.08. The van der Waals surface area contributed by atoms with E-state index in [9.17, 15) is 14.4 Å². The highest BCUT2D eigenvalue weighted by atomic mass is 16.4. The Balaban J connectivity index is 1.66. The SMILES string of the molecule is O=C(O)CN(C(=O)NCCC(=O)NC1CC1)C1CC1. The molecule has 2 rings (SSSR count). The first-order valence-corrected chi connectivity index (χ1v) is 6.62. The zero-order valence-corrected chi connectivity index (χ0v) is 10.7. The first kappa shape index (κ1) is 13.6. The molecule has 0 bridgehead atoms. The molecule has 2 aliphatic rings. The molecule has 2 aliphatic carbocycles. The Bertz CT molecular complexity index is 377. The lowest BCUT2D eigenvalue weighted by Gasteiger charge is -2.20. The standard InChI is InChI=1S/C12H19N3O4/c16-10(14-8-1-2-8)5-6-13-12(19)15(7-11(17)18)9-3-4-9/h8-9H,1-7H2,(H,13,19)(H,14,16)(H,17,18). The third kappa shape index (κ3) is 4.76. The Labute approximate surface area is 111 Å². The van der Waals surface area contributed by atoms with Crippen molar-refractivity contribution in [3.05, 3.63) is 0 Å². The van der Waals surface area contributed by atoms with Crippen molar-refractivity contribution in [1.82, 2.24) is 15.5 Å². The summed E-state index contributed by atoms with van der Waals surface area (Å²) in [4.78, 5) is 35.2. The predicted octanol–water partition coefficient (Wildman–Crippen LogP) is -0.0863. The highest BCUT2D eigenvalue weighted by molar-refractivity contribution is 5.81. The van der Waals surface area contributed by atoms with Crippen LogP contribution >= 0.6 is 0 Å².